The van der Waals surface area contributed by atoms with Crippen molar-refractivity contribution in [2.45, 2.75) is 0 Å². The van der Waals surface area contributed by atoms with E-state index in [-0.39, 0.29) is 0 Å². The van der Waals surface area contributed by atoms with Gasteiger partial charge in [0.05, 0.1) is 22.4 Å². The lowest BCUT2D eigenvalue weighted by Gasteiger charge is -2.29. The van der Waals surface area contributed by atoms with Gasteiger partial charge in [-0.15, -0.1) is 0 Å². The summed E-state index contributed by atoms with van der Waals surface area (Å²) < 4.78 is 9.21. The summed E-state index contributed by atoms with van der Waals surface area (Å²) in [7, 11) is 0. The van der Waals surface area contributed by atoms with Gasteiger partial charge in [0, 0.05) is 49.4 Å². The number of fused-ring (bicyclic) bond motifs is 8. The molecule has 0 aliphatic heterocycles. The van der Waals surface area contributed by atoms with Crippen molar-refractivity contribution in [3.05, 3.63) is 231 Å². The van der Waals surface area contributed by atoms with Gasteiger partial charge in [-0.2, -0.15) is 0 Å². The van der Waals surface area contributed by atoms with E-state index in [4.69, 9.17) is 4.42 Å². The van der Waals surface area contributed by atoms with Crippen molar-refractivity contribution in [1.82, 2.24) is 4.57 Å². The van der Waals surface area contributed by atoms with Gasteiger partial charge < -0.3 is 13.9 Å². The minimum atomic E-state index is 0.867. The Morgan fingerprint density at radius 2 is 0.902 bits per heavy atom. The van der Waals surface area contributed by atoms with Gasteiger partial charge in [0.1, 0.15) is 11.2 Å². The number of para-hydroxylation sites is 4. The monoisotopic (exact) mass is 778 g/mol. The van der Waals surface area contributed by atoms with Crippen LogP contribution in [0.3, 0.4) is 0 Å². The highest BCUT2D eigenvalue weighted by molar-refractivity contribution is 6.26. The number of furan rings is 1. The predicted molar refractivity (Wildman–Crippen MR) is 257 cm³/mol. The molecule has 3 heteroatoms. The minimum absolute atomic E-state index is 0.867. The molecule has 2 heterocycles. The normalized spacial score (nSPS) is 11.6. The van der Waals surface area contributed by atoms with E-state index in [1.54, 1.807) is 0 Å². The first-order chi connectivity index (χ1) is 30.3. The highest BCUT2D eigenvalue weighted by atomic mass is 16.3. The molecule has 0 amide bonds. The molecule has 0 saturated heterocycles. The summed E-state index contributed by atoms with van der Waals surface area (Å²) in [6, 6.07) is 82.7. The molecule has 0 radical (unpaired) electrons. The van der Waals surface area contributed by atoms with Crippen LogP contribution in [0.5, 0.6) is 0 Å². The lowest BCUT2D eigenvalue weighted by molar-refractivity contribution is 0.669. The van der Waals surface area contributed by atoms with Crippen molar-refractivity contribution in [3.8, 4) is 39.1 Å². The molecule has 0 saturated carbocycles. The lowest BCUT2D eigenvalue weighted by Crippen LogP contribution is -2.11. The highest BCUT2D eigenvalue weighted by Gasteiger charge is 2.23. The third kappa shape index (κ3) is 5.66. The molecule has 0 spiro atoms. The first kappa shape index (κ1) is 34.9. The second kappa shape index (κ2) is 14.3. The van der Waals surface area contributed by atoms with Gasteiger partial charge in [0.15, 0.2) is 0 Å². The van der Waals surface area contributed by atoms with Crippen molar-refractivity contribution in [2.75, 3.05) is 4.90 Å². The van der Waals surface area contributed by atoms with Crippen molar-refractivity contribution in [2.24, 2.45) is 0 Å². The number of rotatable bonds is 7. The fourth-order valence-electron chi connectivity index (χ4n) is 9.53. The summed E-state index contributed by atoms with van der Waals surface area (Å²) in [6.07, 6.45) is 0. The average molecular weight is 779 g/mol. The molecule has 0 unspecified atom stereocenters. The predicted octanol–water partition coefficient (Wildman–Crippen LogP) is 16.3. The van der Waals surface area contributed by atoms with Gasteiger partial charge >= 0.3 is 0 Å². The molecule has 10 aromatic carbocycles. The average Bonchev–Trinajstić information content (AvgIpc) is 3.90. The van der Waals surface area contributed by atoms with Crippen LogP contribution in [0.25, 0.3) is 93.6 Å². The number of hydrogen-bond acceptors (Lipinski definition) is 2. The molecule has 0 aliphatic carbocycles. The van der Waals surface area contributed by atoms with Crippen LogP contribution in [0.4, 0.5) is 17.1 Å². The van der Waals surface area contributed by atoms with Crippen molar-refractivity contribution >= 4 is 71.6 Å². The highest BCUT2D eigenvalue weighted by Crippen LogP contribution is 2.48. The van der Waals surface area contributed by atoms with E-state index in [1.807, 2.05) is 0 Å². The maximum absolute atomic E-state index is 6.79. The molecule has 3 nitrogen and oxygen atoms in total. The molecule has 2 aromatic heterocycles. The molecule has 61 heavy (non-hydrogen) atoms. The van der Waals surface area contributed by atoms with E-state index in [0.29, 0.717) is 0 Å². The Bertz CT molecular complexity index is 3570. The molecular formula is C58H38N2O. The first-order valence-corrected chi connectivity index (χ1v) is 20.9. The van der Waals surface area contributed by atoms with E-state index < -0.39 is 0 Å². The largest absolute Gasteiger partial charge is 0.456 e. The van der Waals surface area contributed by atoms with Gasteiger partial charge in [-0.3, -0.25) is 0 Å². The van der Waals surface area contributed by atoms with Crippen molar-refractivity contribution in [1.29, 1.82) is 0 Å². The van der Waals surface area contributed by atoms with Gasteiger partial charge in [0.2, 0.25) is 0 Å². The Kier molecular flexibility index (Phi) is 8.17. The SMILES string of the molecule is c1ccc(-c2ccc(N(c3ccccc3-c3ccccc3)c3cccc4c3ccc3oc5cccc(-c6cccc7c8ccccc8n(-c8ccccc8)c67)c5c34)cc2)cc1. The second-order valence-electron chi connectivity index (χ2n) is 15.6. The second-order valence-corrected chi connectivity index (χ2v) is 15.6. The summed E-state index contributed by atoms with van der Waals surface area (Å²) in [6.45, 7) is 0. The minimum Gasteiger partial charge on any atom is -0.456 e. The summed E-state index contributed by atoms with van der Waals surface area (Å²) in [5.74, 6) is 0. The van der Waals surface area contributed by atoms with Crippen molar-refractivity contribution < 1.29 is 4.42 Å². The van der Waals surface area contributed by atoms with Gasteiger partial charge in [-0.25, -0.2) is 0 Å². The van der Waals surface area contributed by atoms with E-state index in [9.17, 15) is 0 Å². The Hall–Kier alpha value is -8.14. The van der Waals surface area contributed by atoms with E-state index in [1.165, 1.54) is 38.5 Å². The Morgan fingerprint density at radius 3 is 1.72 bits per heavy atom. The molecule has 0 atom stereocenters. The van der Waals surface area contributed by atoms with E-state index in [2.05, 4.69) is 240 Å². The third-order valence-corrected chi connectivity index (χ3v) is 12.2. The molecule has 286 valence electrons. The topological polar surface area (TPSA) is 21.3 Å². The summed E-state index contributed by atoms with van der Waals surface area (Å²) in [4.78, 5) is 2.42. The smallest absolute Gasteiger partial charge is 0.136 e. The van der Waals surface area contributed by atoms with Crippen LogP contribution in [-0.2, 0) is 0 Å². The molecular weight excluding hydrogens is 741 g/mol. The van der Waals surface area contributed by atoms with Crippen LogP contribution >= 0.6 is 0 Å². The van der Waals surface area contributed by atoms with Crippen LogP contribution in [0.15, 0.2) is 235 Å². The maximum atomic E-state index is 6.79. The van der Waals surface area contributed by atoms with Crippen LogP contribution < -0.4 is 4.90 Å². The summed E-state index contributed by atoms with van der Waals surface area (Å²) in [5.41, 5.74) is 15.5. The number of aromatic nitrogens is 1. The van der Waals surface area contributed by atoms with E-state index >= 15 is 0 Å². The fraction of sp³-hybridized carbons (Fsp3) is 0. The maximum Gasteiger partial charge on any atom is 0.136 e. The third-order valence-electron chi connectivity index (χ3n) is 12.2. The van der Waals surface area contributed by atoms with Crippen LogP contribution in [0, 0.1) is 0 Å². The number of anilines is 3. The Balaban J connectivity index is 1.12. The van der Waals surface area contributed by atoms with Gasteiger partial charge in [-0.1, -0.05) is 170 Å². The molecule has 12 rings (SSSR count). The summed E-state index contributed by atoms with van der Waals surface area (Å²) in [5, 5.41) is 6.95. The number of hydrogen-bond donors (Lipinski definition) is 0. The molecule has 0 fully saturated rings. The molecule has 0 N–H and O–H groups in total. The fourth-order valence-corrected chi connectivity index (χ4v) is 9.53. The van der Waals surface area contributed by atoms with Gasteiger partial charge in [0.25, 0.3) is 0 Å². The van der Waals surface area contributed by atoms with Crippen molar-refractivity contribution in [3.63, 3.8) is 0 Å². The first-order valence-electron chi connectivity index (χ1n) is 20.9. The standard InChI is InChI=1S/C58H38N2O/c1-4-17-39(18-5-1)40-33-35-43(36-34-40)59(51-29-12-10-23-44(51)41-19-6-2-7-20-41)52-31-15-25-47-46(52)37-38-55-56(47)57-48(26-16-32-54(57)61-55)50-28-14-27-49-45-24-11-13-30-53(45)60(58(49)50)42-21-8-3-9-22-42/h1-38H. The van der Waals surface area contributed by atoms with Gasteiger partial charge in [-0.05, 0) is 88.3 Å². The van der Waals surface area contributed by atoms with E-state index in [0.717, 1.165) is 72.2 Å². The zero-order chi connectivity index (χ0) is 40.3. The summed E-state index contributed by atoms with van der Waals surface area (Å²) >= 11 is 0. The Morgan fingerprint density at radius 1 is 0.328 bits per heavy atom. The lowest BCUT2D eigenvalue weighted by atomic mass is 9.94. The Labute approximate surface area is 353 Å². The zero-order valence-electron chi connectivity index (χ0n) is 33.2. The number of nitrogens with zero attached hydrogens (tertiary/aromatic N) is 2. The van der Waals surface area contributed by atoms with Crippen LogP contribution in [0.1, 0.15) is 0 Å². The van der Waals surface area contributed by atoms with Crippen LogP contribution in [-0.4, -0.2) is 4.57 Å². The van der Waals surface area contributed by atoms with Crippen LogP contribution in [0.2, 0.25) is 0 Å². The quantitative estimate of drug-likeness (QED) is 0.161. The zero-order valence-corrected chi connectivity index (χ0v) is 33.2. The molecule has 0 bridgehead atoms. The molecule has 12 aromatic rings. The molecule has 0 aliphatic rings. The number of benzene rings is 10.